The molecule has 0 bridgehead atoms. The Hall–Kier alpha value is -2.67. The number of para-hydroxylation sites is 1. The smallest absolute Gasteiger partial charge is 0.349 e. The van der Waals surface area contributed by atoms with Crippen molar-refractivity contribution in [1.82, 2.24) is 15.1 Å². The zero-order valence-electron chi connectivity index (χ0n) is 15.0. The van der Waals surface area contributed by atoms with Crippen LogP contribution in [-0.2, 0) is 9.53 Å². The Balaban J connectivity index is 1.83. The van der Waals surface area contributed by atoms with Crippen molar-refractivity contribution in [2.45, 2.75) is 33.3 Å². The molecule has 0 saturated heterocycles. The van der Waals surface area contributed by atoms with E-state index in [9.17, 15) is 9.59 Å². The zero-order chi connectivity index (χ0) is 18.7. The molecule has 0 saturated carbocycles. The lowest BCUT2D eigenvalue weighted by atomic mass is 10.3. The average Bonchev–Trinajstić information content (AvgIpc) is 3.21. The van der Waals surface area contributed by atoms with Gasteiger partial charge in [0.15, 0.2) is 6.10 Å². The maximum absolute atomic E-state index is 12.4. The SMILES string of the molecule is CCCNC(=O)C(C)OC(=O)c1cc2c(C)nn(-c3ccccc3)c2s1. The second-order valence-corrected chi connectivity index (χ2v) is 7.03. The number of aromatic nitrogens is 2. The molecule has 3 rings (SSSR count). The number of nitrogens with one attached hydrogen (secondary N) is 1. The Morgan fingerprint density at radius 3 is 2.73 bits per heavy atom. The second-order valence-electron chi connectivity index (χ2n) is 6.00. The van der Waals surface area contributed by atoms with Gasteiger partial charge in [-0.2, -0.15) is 5.10 Å². The summed E-state index contributed by atoms with van der Waals surface area (Å²) >= 11 is 1.31. The van der Waals surface area contributed by atoms with Gasteiger partial charge in [0.05, 0.1) is 11.4 Å². The summed E-state index contributed by atoms with van der Waals surface area (Å²) < 4.78 is 7.13. The van der Waals surface area contributed by atoms with Gasteiger partial charge >= 0.3 is 5.97 Å². The molecule has 1 aromatic carbocycles. The number of amides is 1. The minimum absolute atomic E-state index is 0.284. The first-order chi connectivity index (χ1) is 12.5. The van der Waals surface area contributed by atoms with Crippen LogP contribution in [0.2, 0.25) is 0 Å². The number of carbonyl (C=O) groups excluding carboxylic acids is 2. The number of fused-ring (bicyclic) bond motifs is 1. The highest BCUT2D eigenvalue weighted by atomic mass is 32.1. The van der Waals surface area contributed by atoms with E-state index >= 15 is 0 Å². The van der Waals surface area contributed by atoms with Gasteiger partial charge in [0.1, 0.15) is 9.71 Å². The van der Waals surface area contributed by atoms with Crippen molar-refractivity contribution < 1.29 is 14.3 Å². The Labute approximate surface area is 155 Å². The lowest BCUT2D eigenvalue weighted by Crippen LogP contribution is -2.36. The number of benzene rings is 1. The molecular formula is C19H21N3O3S. The van der Waals surface area contributed by atoms with Gasteiger partial charge in [-0.05, 0) is 38.5 Å². The van der Waals surface area contributed by atoms with Crippen LogP contribution in [-0.4, -0.2) is 34.3 Å². The van der Waals surface area contributed by atoms with E-state index in [1.165, 1.54) is 11.3 Å². The lowest BCUT2D eigenvalue weighted by Gasteiger charge is -2.12. The molecule has 1 N–H and O–H groups in total. The molecule has 0 aliphatic rings. The van der Waals surface area contributed by atoms with E-state index in [-0.39, 0.29) is 5.91 Å². The van der Waals surface area contributed by atoms with Crippen LogP contribution < -0.4 is 5.32 Å². The van der Waals surface area contributed by atoms with Crippen molar-refractivity contribution in [2.24, 2.45) is 0 Å². The van der Waals surface area contributed by atoms with Crippen molar-refractivity contribution in [3.63, 3.8) is 0 Å². The van der Waals surface area contributed by atoms with Gasteiger partial charge in [0.2, 0.25) is 0 Å². The fraction of sp³-hybridized carbons (Fsp3) is 0.316. The van der Waals surface area contributed by atoms with E-state index in [1.54, 1.807) is 13.0 Å². The standard InChI is InChI=1S/C19H21N3O3S/c1-4-10-20-17(23)13(3)25-19(24)16-11-15-12(2)21-22(18(15)26-16)14-8-6-5-7-9-14/h5-9,11,13H,4,10H2,1-3H3,(H,20,23). The van der Waals surface area contributed by atoms with Gasteiger partial charge in [0, 0.05) is 11.9 Å². The van der Waals surface area contributed by atoms with E-state index in [0.717, 1.165) is 28.0 Å². The predicted molar refractivity (Wildman–Crippen MR) is 102 cm³/mol. The summed E-state index contributed by atoms with van der Waals surface area (Å²) in [7, 11) is 0. The summed E-state index contributed by atoms with van der Waals surface area (Å²) in [5.41, 5.74) is 1.77. The van der Waals surface area contributed by atoms with Gasteiger partial charge in [0.25, 0.3) is 5.91 Å². The van der Waals surface area contributed by atoms with Crippen molar-refractivity contribution in [1.29, 1.82) is 0 Å². The summed E-state index contributed by atoms with van der Waals surface area (Å²) in [5.74, 6) is -0.780. The molecule has 2 aromatic heterocycles. The van der Waals surface area contributed by atoms with Crippen molar-refractivity contribution in [3.05, 3.63) is 47.0 Å². The van der Waals surface area contributed by atoms with Crippen molar-refractivity contribution >= 4 is 33.4 Å². The number of aryl methyl sites for hydroxylation is 1. The monoisotopic (exact) mass is 371 g/mol. The van der Waals surface area contributed by atoms with Crippen LogP contribution in [0.25, 0.3) is 15.9 Å². The van der Waals surface area contributed by atoms with Gasteiger partial charge in [-0.25, -0.2) is 9.48 Å². The number of nitrogens with zero attached hydrogens (tertiary/aromatic N) is 2. The minimum atomic E-state index is -0.828. The van der Waals surface area contributed by atoms with Crippen molar-refractivity contribution in [2.75, 3.05) is 6.54 Å². The Bertz CT molecular complexity index is 930. The highest BCUT2D eigenvalue weighted by Gasteiger charge is 2.22. The molecule has 136 valence electrons. The number of hydrogen-bond donors (Lipinski definition) is 1. The van der Waals surface area contributed by atoms with Crippen LogP contribution in [0.1, 0.15) is 35.6 Å². The predicted octanol–water partition coefficient (Wildman–Crippen LogP) is 3.47. The third-order valence-corrected chi connectivity index (χ3v) is 5.04. The average molecular weight is 371 g/mol. The molecule has 1 unspecified atom stereocenters. The van der Waals surface area contributed by atoms with E-state index in [4.69, 9.17) is 4.74 Å². The summed E-state index contributed by atoms with van der Waals surface area (Å²) in [6.45, 7) is 6.01. The molecule has 1 atom stereocenters. The minimum Gasteiger partial charge on any atom is -0.448 e. The van der Waals surface area contributed by atoms with Crippen LogP contribution in [0.5, 0.6) is 0 Å². The summed E-state index contributed by atoms with van der Waals surface area (Å²) in [4.78, 5) is 25.7. The fourth-order valence-corrected chi connectivity index (χ4v) is 3.62. The molecule has 0 spiro atoms. The second kappa shape index (κ2) is 7.70. The van der Waals surface area contributed by atoms with Gasteiger partial charge in [-0.15, -0.1) is 11.3 Å². The number of ether oxygens (including phenoxy) is 1. The van der Waals surface area contributed by atoms with E-state index < -0.39 is 12.1 Å². The van der Waals surface area contributed by atoms with E-state index in [1.807, 2.05) is 48.9 Å². The highest BCUT2D eigenvalue weighted by molar-refractivity contribution is 7.20. The molecule has 6 nitrogen and oxygen atoms in total. The van der Waals surface area contributed by atoms with Crippen LogP contribution >= 0.6 is 11.3 Å². The van der Waals surface area contributed by atoms with E-state index in [0.29, 0.717) is 11.4 Å². The fourth-order valence-electron chi connectivity index (χ4n) is 2.56. The first-order valence-corrected chi connectivity index (χ1v) is 9.36. The Morgan fingerprint density at radius 1 is 1.31 bits per heavy atom. The highest BCUT2D eigenvalue weighted by Crippen LogP contribution is 2.30. The third kappa shape index (κ3) is 3.62. The Morgan fingerprint density at radius 2 is 2.04 bits per heavy atom. The van der Waals surface area contributed by atoms with E-state index in [2.05, 4.69) is 10.4 Å². The lowest BCUT2D eigenvalue weighted by molar-refractivity contribution is -0.129. The van der Waals surface area contributed by atoms with Gasteiger partial charge < -0.3 is 10.1 Å². The topological polar surface area (TPSA) is 73.2 Å². The van der Waals surface area contributed by atoms with Crippen LogP contribution in [0.3, 0.4) is 0 Å². The molecule has 0 radical (unpaired) electrons. The molecule has 26 heavy (non-hydrogen) atoms. The maximum Gasteiger partial charge on any atom is 0.349 e. The maximum atomic E-state index is 12.4. The summed E-state index contributed by atoms with van der Waals surface area (Å²) in [5, 5.41) is 8.19. The number of thiophene rings is 1. The normalized spacial score (nSPS) is 12.1. The number of hydrogen-bond acceptors (Lipinski definition) is 5. The van der Waals surface area contributed by atoms with Crippen LogP contribution in [0, 0.1) is 6.92 Å². The van der Waals surface area contributed by atoms with Crippen molar-refractivity contribution in [3.8, 4) is 5.69 Å². The van der Waals surface area contributed by atoms with Gasteiger partial charge in [-0.3, -0.25) is 4.79 Å². The number of esters is 1. The third-order valence-electron chi connectivity index (χ3n) is 3.95. The van der Waals surface area contributed by atoms with Crippen LogP contribution in [0.4, 0.5) is 0 Å². The number of carbonyl (C=O) groups is 2. The molecule has 0 fully saturated rings. The van der Waals surface area contributed by atoms with Crippen LogP contribution in [0.15, 0.2) is 36.4 Å². The first kappa shape index (κ1) is 18.1. The molecule has 0 aliphatic heterocycles. The summed E-state index contributed by atoms with van der Waals surface area (Å²) in [6.07, 6.45) is 0.00354. The zero-order valence-corrected chi connectivity index (χ0v) is 15.8. The molecule has 1 amide bonds. The molecule has 0 aliphatic carbocycles. The largest absolute Gasteiger partial charge is 0.448 e. The van der Waals surface area contributed by atoms with Gasteiger partial charge in [-0.1, -0.05) is 25.1 Å². The molecule has 2 heterocycles. The molecular weight excluding hydrogens is 350 g/mol. The summed E-state index contributed by atoms with van der Waals surface area (Å²) in [6, 6.07) is 11.5. The molecule has 7 heteroatoms. The number of rotatable bonds is 6. The quantitative estimate of drug-likeness (QED) is 0.674. The molecule has 3 aromatic rings. The Kier molecular flexibility index (Phi) is 5.37. The first-order valence-electron chi connectivity index (χ1n) is 8.54.